The maximum atomic E-state index is 5.84. The van der Waals surface area contributed by atoms with E-state index in [1.54, 1.807) is 0 Å². The highest BCUT2D eigenvalue weighted by atomic mass is 127. The van der Waals surface area contributed by atoms with Crippen molar-refractivity contribution in [2.75, 3.05) is 30.0 Å². The van der Waals surface area contributed by atoms with Gasteiger partial charge in [0.25, 0.3) is 0 Å². The first-order valence-corrected chi connectivity index (χ1v) is 10.4. The summed E-state index contributed by atoms with van der Waals surface area (Å²) < 4.78 is 7.11. The molecule has 0 aromatic carbocycles. The lowest BCUT2D eigenvalue weighted by Crippen LogP contribution is -2.35. The maximum absolute atomic E-state index is 5.84. The molecule has 1 nitrogen and oxygen atoms in total. The van der Waals surface area contributed by atoms with E-state index in [-0.39, 0.29) is 0 Å². The average Bonchev–Trinajstić information content (AvgIpc) is 2.38. The summed E-state index contributed by atoms with van der Waals surface area (Å²) in [6, 6.07) is 0. The lowest BCUT2D eigenvalue weighted by atomic mass is 9.69. The van der Waals surface area contributed by atoms with Crippen LogP contribution in [-0.2, 0) is 4.74 Å². The average molecular weight is 404 g/mol. The Morgan fingerprint density at radius 3 is 2.33 bits per heavy atom. The molecule has 0 heterocycles. The van der Waals surface area contributed by atoms with Crippen molar-refractivity contribution in [3.8, 4) is 0 Å². The van der Waals surface area contributed by atoms with Crippen LogP contribution in [0.5, 0.6) is 0 Å². The van der Waals surface area contributed by atoms with Gasteiger partial charge in [-0.25, -0.2) is 0 Å². The molecule has 0 aliphatic carbocycles. The number of rotatable bonds is 12. The Morgan fingerprint density at radius 1 is 1.17 bits per heavy atom. The van der Waals surface area contributed by atoms with Gasteiger partial charge in [0.1, 0.15) is 0 Å². The Balaban J connectivity index is 4.72. The van der Waals surface area contributed by atoms with Crippen LogP contribution >= 0.6 is 41.1 Å². The molecule has 0 fully saturated rings. The highest BCUT2D eigenvalue weighted by Gasteiger charge is 2.34. The third-order valence-electron chi connectivity index (χ3n) is 3.93. The second-order valence-electron chi connectivity index (χ2n) is 5.16. The van der Waals surface area contributed by atoms with Gasteiger partial charge in [0.05, 0.1) is 6.61 Å². The van der Waals surface area contributed by atoms with Crippen molar-refractivity contribution in [2.45, 2.75) is 46.0 Å². The molecule has 4 atom stereocenters. The largest absolute Gasteiger partial charge is 0.381 e. The van der Waals surface area contributed by atoms with E-state index < -0.39 is 0 Å². The summed E-state index contributed by atoms with van der Waals surface area (Å²) in [5.74, 6) is 0.765. The van der Waals surface area contributed by atoms with Gasteiger partial charge >= 0.3 is 0 Å². The molecule has 4 heteroatoms. The van der Waals surface area contributed by atoms with Crippen LogP contribution in [0, 0.1) is 11.3 Å². The van der Waals surface area contributed by atoms with E-state index in [0.29, 0.717) is 5.41 Å². The molecule has 18 heavy (non-hydrogen) atoms. The highest BCUT2D eigenvalue weighted by molar-refractivity contribution is 14.1. The number of alkyl halides is 1. The fraction of sp³-hybridized carbons (Fsp3) is 1.00. The number of halogens is 1. The van der Waals surface area contributed by atoms with Crippen LogP contribution in [0.4, 0.5) is 0 Å². The monoisotopic (exact) mass is 404 g/mol. The molecule has 0 bridgehead atoms. The predicted molar refractivity (Wildman–Crippen MR) is 99.2 cm³/mol. The number of ether oxygens (including phenoxy) is 1. The van der Waals surface area contributed by atoms with E-state index in [1.165, 1.54) is 48.9 Å². The van der Waals surface area contributed by atoms with Gasteiger partial charge in [0.15, 0.2) is 0 Å². The van der Waals surface area contributed by atoms with Crippen LogP contribution in [0.25, 0.3) is 0 Å². The molecular formula is C14H31IOP2. The van der Waals surface area contributed by atoms with E-state index in [0.717, 1.165) is 19.1 Å². The lowest BCUT2D eigenvalue weighted by molar-refractivity contribution is 0.00128. The Bertz CT molecular complexity index is 169. The minimum absolute atomic E-state index is 0.411. The first-order valence-electron chi connectivity index (χ1n) is 7.20. The molecule has 0 saturated heterocycles. The fourth-order valence-corrected chi connectivity index (χ4v) is 3.72. The van der Waals surface area contributed by atoms with E-state index >= 15 is 0 Å². The van der Waals surface area contributed by atoms with E-state index in [4.69, 9.17) is 4.74 Å². The van der Waals surface area contributed by atoms with Crippen LogP contribution in [0.15, 0.2) is 0 Å². The van der Waals surface area contributed by atoms with Crippen molar-refractivity contribution in [1.82, 2.24) is 0 Å². The molecule has 0 radical (unpaired) electrons. The first kappa shape index (κ1) is 19.6. The maximum Gasteiger partial charge on any atom is 0.0524 e. The molecule has 110 valence electrons. The van der Waals surface area contributed by atoms with Gasteiger partial charge in [-0.2, -0.15) is 0 Å². The van der Waals surface area contributed by atoms with Gasteiger partial charge in [-0.05, 0) is 67.1 Å². The van der Waals surface area contributed by atoms with Crippen molar-refractivity contribution in [2.24, 2.45) is 11.3 Å². The summed E-state index contributed by atoms with van der Waals surface area (Å²) in [4.78, 5) is 0. The molecule has 4 unspecified atom stereocenters. The Morgan fingerprint density at radius 2 is 1.83 bits per heavy atom. The molecular weight excluding hydrogens is 373 g/mol. The van der Waals surface area contributed by atoms with Crippen LogP contribution in [-0.4, -0.2) is 30.0 Å². The molecule has 0 rings (SSSR count). The molecule has 0 amide bonds. The highest BCUT2D eigenvalue weighted by Crippen LogP contribution is 2.40. The first-order chi connectivity index (χ1) is 8.66. The van der Waals surface area contributed by atoms with Crippen LogP contribution in [0.3, 0.4) is 0 Å². The number of hydrogen-bond acceptors (Lipinski definition) is 1. The standard InChI is InChI=1S/C14H31IOP2/c1-3-16-12-14(7-4-9-15,8-5-10-17)13(2)6-11-18/h13H,3-12,17-18H2,1-2H3. The molecule has 0 aromatic rings. The van der Waals surface area contributed by atoms with Crippen molar-refractivity contribution in [3.05, 3.63) is 0 Å². The zero-order valence-electron chi connectivity index (χ0n) is 12.1. The third-order valence-corrected chi connectivity index (χ3v) is 5.43. The molecule has 0 saturated carbocycles. The lowest BCUT2D eigenvalue weighted by Gasteiger charge is -2.39. The predicted octanol–water partition coefficient (Wildman–Crippen LogP) is 4.78. The summed E-state index contributed by atoms with van der Waals surface area (Å²) in [7, 11) is 5.75. The van der Waals surface area contributed by atoms with Crippen molar-refractivity contribution in [3.63, 3.8) is 0 Å². The van der Waals surface area contributed by atoms with Crippen LogP contribution < -0.4 is 0 Å². The van der Waals surface area contributed by atoms with Crippen molar-refractivity contribution in [1.29, 1.82) is 0 Å². The summed E-state index contributed by atoms with van der Waals surface area (Å²) in [5.41, 5.74) is 0.411. The SMILES string of the molecule is CCOCC(CCCP)(CCCI)C(C)CCP. The summed E-state index contributed by atoms with van der Waals surface area (Å²) >= 11 is 2.50. The molecule has 0 aliphatic heterocycles. The van der Waals surface area contributed by atoms with Crippen molar-refractivity contribution < 1.29 is 4.74 Å². The van der Waals surface area contributed by atoms with E-state index in [2.05, 4.69) is 54.9 Å². The quantitative estimate of drug-likeness (QED) is 0.259. The molecule has 0 spiro atoms. The smallest absolute Gasteiger partial charge is 0.0524 e. The second-order valence-corrected chi connectivity index (χ2v) is 7.40. The third kappa shape index (κ3) is 7.36. The molecule has 0 aromatic heterocycles. The number of hydrogen-bond donors (Lipinski definition) is 0. The van der Waals surface area contributed by atoms with Gasteiger partial charge in [0.2, 0.25) is 0 Å². The van der Waals surface area contributed by atoms with Gasteiger partial charge in [-0.3, -0.25) is 0 Å². The van der Waals surface area contributed by atoms with Crippen LogP contribution in [0.2, 0.25) is 0 Å². The van der Waals surface area contributed by atoms with Crippen molar-refractivity contribution >= 4 is 41.1 Å². The minimum atomic E-state index is 0.411. The molecule has 0 aliphatic rings. The summed E-state index contributed by atoms with van der Waals surface area (Å²) in [6.07, 6.45) is 9.00. The summed E-state index contributed by atoms with van der Waals surface area (Å²) in [5, 5.41) is 0. The Kier molecular flexibility index (Phi) is 13.4. The van der Waals surface area contributed by atoms with Gasteiger partial charge in [-0.15, -0.1) is 18.5 Å². The Hall–Kier alpha value is 1.55. The van der Waals surface area contributed by atoms with Gasteiger partial charge in [0, 0.05) is 6.61 Å². The zero-order chi connectivity index (χ0) is 13.9. The zero-order valence-corrected chi connectivity index (χ0v) is 16.6. The van der Waals surface area contributed by atoms with E-state index in [9.17, 15) is 0 Å². The Labute approximate surface area is 133 Å². The van der Waals surface area contributed by atoms with Crippen LogP contribution in [0.1, 0.15) is 46.0 Å². The normalized spacial score (nSPS) is 16.5. The van der Waals surface area contributed by atoms with Gasteiger partial charge in [-0.1, -0.05) is 29.5 Å². The minimum Gasteiger partial charge on any atom is -0.381 e. The van der Waals surface area contributed by atoms with Gasteiger partial charge < -0.3 is 4.74 Å². The fourth-order valence-electron chi connectivity index (χ4n) is 2.64. The second kappa shape index (κ2) is 12.3. The van der Waals surface area contributed by atoms with E-state index in [1.807, 2.05) is 0 Å². The summed E-state index contributed by atoms with van der Waals surface area (Å²) in [6.45, 7) is 6.34. The molecule has 0 N–H and O–H groups in total. The topological polar surface area (TPSA) is 9.23 Å².